The van der Waals surface area contributed by atoms with Crippen LogP contribution in [0.4, 0.5) is 4.39 Å². The predicted octanol–water partition coefficient (Wildman–Crippen LogP) is 1.39. The SMILES string of the molecule is CC(=O)c1ccc(S(=O)(=O)CC(=O)N2CCC(N)C(C)(C)C2)cc1F. The van der Waals surface area contributed by atoms with Gasteiger partial charge in [0.05, 0.1) is 10.5 Å². The van der Waals surface area contributed by atoms with E-state index >= 15 is 0 Å². The molecule has 25 heavy (non-hydrogen) atoms. The molecular formula is C17H23FN2O4S. The van der Waals surface area contributed by atoms with Crippen molar-refractivity contribution < 1.29 is 22.4 Å². The number of piperidine rings is 1. The van der Waals surface area contributed by atoms with Gasteiger partial charge in [-0.1, -0.05) is 13.8 Å². The number of hydrogen-bond acceptors (Lipinski definition) is 5. The Bertz CT molecular complexity index is 805. The van der Waals surface area contributed by atoms with Crippen LogP contribution in [-0.4, -0.2) is 49.9 Å². The summed E-state index contributed by atoms with van der Waals surface area (Å²) in [5, 5.41) is 0. The number of Topliss-reactive ketones (excluding diaryl/α,β-unsaturated/α-hetero) is 1. The summed E-state index contributed by atoms with van der Waals surface area (Å²) in [6.07, 6.45) is 0.598. The van der Waals surface area contributed by atoms with Crippen molar-refractivity contribution >= 4 is 21.5 Å². The molecular weight excluding hydrogens is 347 g/mol. The number of sulfone groups is 1. The summed E-state index contributed by atoms with van der Waals surface area (Å²) >= 11 is 0. The van der Waals surface area contributed by atoms with Crippen molar-refractivity contribution in [3.8, 4) is 0 Å². The van der Waals surface area contributed by atoms with Crippen LogP contribution in [0.15, 0.2) is 23.1 Å². The average molecular weight is 370 g/mol. The summed E-state index contributed by atoms with van der Waals surface area (Å²) in [7, 11) is -4.00. The molecule has 0 radical (unpaired) electrons. The van der Waals surface area contributed by atoms with Crippen LogP contribution in [0.3, 0.4) is 0 Å². The Balaban J connectivity index is 2.17. The molecule has 0 aromatic heterocycles. The first-order chi connectivity index (χ1) is 11.4. The van der Waals surface area contributed by atoms with Crippen LogP contribution in [0.5, 0.6) is 0 Å². The van der Waals surface area contributed by atoms with Gasteiger partial charge in [0.15, 0.2) is 15.6 Å². The molecule has 2 N–H and O–H groups in total. The van der Waals surface area contributed by atoms with Crippen LogP contribution < -0.4 is 5.73 Å². The van der Waals surface area contributed by atoms with E-state index in [0.717, 1.165) is 18.2 Å². The minimum atomic E-state index is -4.00. The van der Waals surface area contributed by atoms with Crippen molar-refractivity contribution in [2.45, 2.75) is 38.1 Å². The number of benzene rings is 1. The maximum absolute atomic E-state index is 13.9. The fraction of sp³-hybridized carbons (Fsp3) is 0.529. The van der Waals surface area contributed by atoms with Gasteiger partial charge >= 0.3 is 0 Å². The molecule has 2 rings (SSSR count). The molecule has 138 valence electrons. The highest BCUT2D eigenvalue weighted by atomic mass is 32.2. The number of hydrogen-bond donors (Lipinski definition) is 1. The Morgan fingerprint density at radius 3 is 2.52 bits per heavy atom. The summed E-state index contributed by atoms with van der Waals surface area (Å²) in [6, 6.07) is 3.01. The van der Waals surface area contributed by atoms with Gasteiger partial charge in [0.2, 0.25) is 5.91 Å². The highest BCUT2D eigenvalue weighted by Gasteiger charge is 2.36. The first kappa shape index (κ1) is 19.5. The third-order valence-corrected chi connectivity index (χ3v) is 6.26. The monoisotopic (exact) mass is 370 g/mol. The fourth-order valence-electron chi connectivity index (χ4n) is 2.90. The maximum Gasteiger partial charge on any atom is 0.238 e. The first-order valence-corrected chi connectivity index (χ1v) is 9.66. The van der Waals surface area contributed by atoms with E-state index < -0.39 is 33.1 Å². The Morgan fingerprint density at radius 2 is 2.00 bits per heavy atom. The molecule has 1 unspecified atom stereocenters. The van der Waals surface area contributed by atoms with Gasteiger partial charge in [0, 0.05) is 19.1 Å². The van der Waals surface area contributed by atoms with Gasteiger partial charge in [0.1, 0.15) is 11.6 Å². The Morgan fingerprint density at radius 1 is 1.36 bits per heavy atom. The molecule has 0 bridgehead atoms. The fourth-order valence-corrected chi connectivity index (χ4v) is 4.13. The van der Waals surface area contributed by atoms with Gasteiger partial charge in [-0.15, -0.1) is 0 Å². The molecule has 1 aromatic carbocycles. The third-order valence-electron chi connectivity index (χ3n) is 4.66. The first-order valence-electron chi connectivity index (χ1n) is 8.00. The van der Waals surface area contributed by atoms with Crippen LogP contribution in [0, 0.1) is 11.2 Å². The molecule has 0 aliphatic carbocycles. The number of likely N-dealkylation sites (tertiary alicyclic amines) is 1. The number of nitrogens with two attached hydrogens (primary N) is 1. The second-order valence-corrected chi connectivity index (χ2v) is 9.15. The molecule has 1 aliphatic heterocycles. The lowest BCUT2D eigenvalue weighted by Gasteiger charge is -2.42. The lowest BCUT2D eigenvalue weighted by molar-refractivity contribution is -0.131. The standard InChI is InChI=1S/C17H23FN2O4S/c1-11(21)13-5-4-12(8-14(13)18)25(23,24)9-16(22)20-7-6-15(19)17(2,3)10-20/h4-5,8,15H,6-7,9-10,19H2,1-3H3. The highest BCUT2D eigenvalue weighted by Crippen LogP contribution is 2.28. The van der Waals surface area contributed by atoms with Crippen LogP contribution >= 0.6 is 0 Å². The number of carbonyl (C=O) groups is 2. The molecule has 1 saturated heterocycles. The number of ketones is 1. The second kappa shape index (κ2) is 6.84. The number of amides is 1. The normalized spacial score (nSPS) is 20.4. The lowest BCUT2D eigenvalue weighted by atomic mass is 9.80. The Labute approximate surface area is 147 Å². The summed E-state index contributed by atoms with van der Waals surface area (Å²) in [6.45, 7) is 5.83. The van der Waals surface area contributed by atoms with Crippen LogP contribution in [0.2, 0.25) is 0 Å². The quantitative estimate of drug-likeness (QED) is 0.808. The van der Waals surface area contributed by atoms with Crippen molar-refractivity contribution in [3.05, 3.63) is 29.6 Å². The zero-order chi connectivity index (χ0) is 19.0. The largest absolute Gasteiger partial charge is 0.341 e. The average Bonchev–Trinajstić information content (AvgIpc) is 2.48. The molecule has 1 heterocycles. The van der Waals surface area contributed by atoms with Crippen LogP contribution in [0.25, 0.3) is 0 Å². The van der Waals surface area contributed by atoms with E-state index in [-0.39, 0.29) is 21.9 Å². The Hall–Kier alpha value is -1.80. The highest BCUT2D eigenvalue weighted by molar-refractivity contribution is 7.92. The predicted molar refractivity (Wildman–Crippen MR) is 91.4 cm³/mol. The van der Waals surface area contributed by atoms with E-state index in [4.69, 9.17) is 5.73 Å². The number of halogens is 1. The van der Waals surface area contributed by atoms with Crippen molar-refractivity contribution in [1.82, 2.24) is 4.90 Å². The molecule has 0 saturated carbocycles. The number of carbonyl (C=O) groups excluding carboxylic acids is 2. The molecule has 1 atom stereocenters. The van der Waals surface area contributed by atoms with E-state index in [9.17, 15) is 22.4 Å². The number of rotatable bonds is 4. The van der Waals surface area contributed by atoms with Crippen molar-refractivity contribution in [2.24, 2.45) is 11.1 Å². The van der Waals surface area contributed by atoms with E-state index in [2.05, 4.69) is 0 Å². The molecule has 1 aliphatic rings. The summed E-state index contributed by atoms with van der Waals surface area (Å²) < 4.78 is 38.7. The third kappa shape index (κ3) is 4.24. The molecule has 1 fully saturated rings. The molecule has 0 spiro atoms. The summed E-state index contributed by atoms with van der Waals surface area (Å²) in [5.41, 5.74) is 5.54. The van der Waals surface area contributed by atoms with E-state index in [0.29, 0.717) is 19.5 Å². The van der Waals surface area contributed by atoms with Gasteiger partial charge in [-0.3, -0.25) is 9.59 Å². The van der Waals surface area contributed by atoms with E-state index in [1.54, 1.807) is 0 Å². The van der Waals surface area contributed by atoms with Crippen LogP contribution in [0.1, 0.15) is 37.6 Å². The van der Waals surface area contributed by atoms with Crippen LogP contribution in [-0.2, 0) is 14.6 Å². The maximum atomic E-state index is 13.9. The summed E-state index contributed by atoms with van der Waals surface area (Å²) in [5.74, 6) is -2.68. The van der Waals surface area contributed by atoms with Crippen molar-refractivity contribution in [1.29, 1.82) is 0 Å². The molecule has 1 amide bonds. The minimum absolute atomic E-state index is 0.0543. The molecule has 8 heteroatoms. The topological polar surface area (TPSA) is 97.5 Å². The number of nitrogens with zero attached hydrogens (tertiary/aromatic N) is 1. The van der Waals surface area contributed by atoms with E-state index in [1.807, 2.05) is 13.8 Å². The minimum Gasteiger partial charge on any atom is -0.341 e. The lowest BCUT2D eigenvalue weighted by Crippen LogP contribution is -2.54. The summed E-state index contributed by atoms with van der Waals surface area (Å²) in [4.78, 5) is 24.8. The molecule has 6 nitrogen and oxygen atoms in total. The molecule has 1 aromatic rings. The van der Waals surface area contributed by atoms with Gasteiger partial charge in [-0.2, -0.15) is 0 Å². The van der Waals surface area contributed by atoms with Gasteiger partial charge in [-0.25, -0.2) is 12.8 Å². The van der Waals surface area contributed by atoms with Gasteiger partial charge in [-0.05, 0) is 37.0 Å². The van der Waals surface area contributed by atoms with Crippen molar-refractivity contribution in [2.75, 3.05) is 18.8 Å². The second-order valence-electron chi connectivity index (χ2n) is 7.16. The van der Waals surface area contributed by atoms with Gasteiger partial charge in [0.25, 0.3) is 0 Å². The van der Waals surface area contributed by atoms with E-state index in [1.165, 1.54) is 11.8 Å². The van der Waals surface area contributed by atoms with Gasteiger partial charge < -0.3 is 10.6 Å². The Kier molecular flexibility index (Phi) is 5.34. The smallest absolute Gasteiger partial charge is 0.238 e. The zero-order valence-corrected chi connectivity index (χ0v) is 15.4. The zero-order valence-electron chi connectivity index (χ0n) is 14.6. The van der Waals surface area contributed by atoms with Crippen molar-refractivity contribution in [3.63, 3.8) is 0 Å².